The van der Waals surface area contributed by atoms with Crippen molar-refractivity contribution >= 4 is 5.69 Å². The Morgan fingerprint density at radius 3 is 2.58 bits per heavy atom. The summed E-state index contributed by atoms with van der Waals surface area (Å²) in [7, 11) is 0. The highest BCUT2D eigenvalue weighted by molar-refractivity contribution is 5.56. The molecule has 0 spiro atoms. The number of hydrogen-bond donors (Lipinski definition) is 1. The summed E-state index contributed by atoms with van der Waals surface area (Å²) in [5.74, 6) is 0.102. The molecular formula is C11H8F3N4O+. The highest BCUT2D eigenvalue weighted by atomic mass is 19.4. The summed E-state index contributed by atoms with van der Waals surface area (Å²) >= 11 is 0. The molecular weight excluding hydrogens is 261 g/mol. The molecule has 0 radical (unpaired) electrons. The first-order chi connectivity index (χ1) is 8.90. The summed E-state index contributed by atoms with van der Waals surface area (Å²) in [6.07, 6.45) is -4.64. The third-order valence-electron chi connectivity index (χ3n) is 2.29. The molecule has 1 N–H and O–H groups in total. The molecule has 8 heteroatoms. The van der Waals surface area contributed by atoms with Crippen LogP contribution in [0.4, 0.5) is 18.9 Å². The van der Waals surface area contributed by atoms with E-state index in [1.54, 1.807) is 6.92 Å². The van der Waals surface area contributed by atoms with Crippen LogP contribution in [0, 0.1) is 12.3 Å². The molecule has 1 aromatic carbocycles. The van der Waals surface area contributed by atoms with Gasteiger partial charge in [0.25, 0.3) is 0 Å². The van der Waals surface area contributed by atoms with Gasteiger partial charge in [0.1, 0.15) is 5.75 Å². The Hall–Kier alpha value is -2.56. The lowest BCUT2D eigenvalue weighted by Crippen LogP contribution is -2.05. The lowest BCUT2D eigenvalue weighted by molar-refractivity contribution is -0.136. The average Bonchev–Trinajstić information content (AvgIpc) is 2.73. The van der Waals surface area contributed by atoms with Crippen molar-refractivity contribution in [2.24, 2.45) is 0 Å². The van der Waals surface area contributed by atoms with Crippen LogP contribution in [-0.2, 0) is 6.18 Å². The second-order valence-electron chi connectivity index (χ2n) is 3.77. The molecule has 98 valence electrons. The zero-order chi connectivity index (χ0) is 14.0. The first kappa shape index (κ1) is 12.9. The van der Waals surface area contributed by atoms with Gasteiger partial charge < -0.3 is 4.74 Å². The molecule has 1 heterocycles. The monoisotopic (exact) mass is 269 g/mol. The van der Waals surface area contributed by atoms with Crippen LogP contribution in [0.2, 0.25) is 0 Å². The van der Waals surface area contributed by atoms with E-state index in [0.29, 0.717) is 5.69 Å². The quantitative estimate of drug-likeness (QED) is 0.837. The lowest BCUT2D eigenvalue weighted by atomic mass is 10.1. The fourth-order valence-corrected chi connectivity index (χ4v) is 1.46. The minimum absolute atomic E-state index is 0.0498. The SMILES string of the molecule is Cc1cc(Oc2ccc([N+]#N)c(C(F)(F)F)c2)n[nH]1. The van der Waals surface area contributed by atoms with Gasteiger partial charge in [0.2, 0.25) is 11.3 Å². The first-order valence-corrected chi connectivity index (χ1v) is 5.16. The lowest BCUT2D eigenvalue weighted by Gasteiger charge is -2.06. The summed E-state index contributed by atoms with van der Waals surface area (Å²) in [6, 6.07) is 4.56. The third kappa shape index (κ3) is 2.82. The summed E-state index contributed by atoms with van der Waals surface area (Å²) < 4.78 is 43.3. The van der Waals surface area contributed by atoms with E-state index < -0.39 is 17.4 Å². The Balaban J connectivity index is 2.36. The Labute approximate surface area is 105 Å². The highest BCUT2D eigenvalue weighted by Gasteiger charge is 2.39. The van der Waals surface area contributed by atoms with Gasteiger partial charge in [-0.15, -0.1) is 5.10 Å². The molecule has 0 aliphatic rings. The van der Waals surface area contributed by atoms with E-state index in [1.165, 1.54) is 12.1 Å². The van der Waals surface area contributed by atoms with E-state index in [9.17, 15) is 13.2 Å². The molecule has 0 amide bonds. The minimum Gasteiger partial charge on any atom is -0.438 e. The van der Waals surface area contributed by atoms with Crippen LogP contribution in [0.1, 0.15) is 11.3 Å². The molecule has 2 aromatic rings. The van der Waals surface area contributed by atoms with Gasteiger partial charge >= 0.3 is 11.9 Å². The van der Waals surface area contributed by atoms with E-state index >= 15 is 0 Å². The van der Waals surface area contributed by atoms with Crippen LogP contribution in [0.25, 0.3) is 4.98 Å². The number of H-pyrrole nitrogens is 1. The number of benzene rings is 1. The maximum atomic E-state index is 12.7. The summed E-state index contributed by atoms with van der Waals surface area (Å²) in [5.41, 5.74) is -0.939. The van der Waals surface area contributed by atoms with Crippen molar-refractivity contribution in [1.82, 2.24) is 10.2 Å². The number of halogens is 3. The van der Waals surface area contributed by atoms with Crippen molar-refractivity contribution in [3.8, 4) is 11.6 Å². The van der Waals surface area contributed by atoms with Crippen LogP contribution >= 0.6 is 0 Å². The van der Waals surface area contributed by atoms with Crippen molar-refractivity contribution < 1.29 is 17.9 Å². The molecule has 1 aromatic heterocycles. The zero-order valence-corrected chi connectivity index (χ0v) is 9.69. The predicted octanol–water partition coefficient (Wildman–Crippen LogP) is 4.01. The number of ether oxygens (including phenoxy) is 1. The van der Waals surface area contributed by atoms with E-state index in [2.05, 4.69) is 15.2 Å². The predicted molar refractivity (Wildman–Crippen MR) is 59.6 cm³/mol. The van der Waals surface area contributed by atoms with Gasteiger partial charge in [-0.1, -0.05) is 0 Å². The van der Waals surface area contributed by atoms with Gasteiger partial charge in [0.05, 0.1) is 0 Å². The smallest absolute Gasteiger partial charge is 0.424 e. The molecule has 0 saturated carbocycles. The Kier molecular flexibility index (Phi) is 3.12. The topological polar surface area (TPSA) is 66.1 Å². The minimum atomic E-state index is -4.64. The fourth-order valence-electron chi connectivity index (χ4n) is 1.46. The second-order valence-corrected chi connectivity index (χ2v) is 3.77. The largest absolute Gasteiger partial charge is 0.438 e. The number of aryl methyl sites for hydroxylation is 1. The van der Waals surface area contributed by atoms with Crippen LogP contribution in [-0.4, -0.2) is 10.2 Å². The molecule has 0 saturated heterocycles. The average molecular weight is 269 g/mol. The molecule has 0 fully saturated rings. The zero-order valence-electron chi connectivity index (χ0n) is 9.69. The van der Waals surface area contributed by atoms with E-state index in [1.807, 2.05) is 0 Å². The van der Waals surface area contributed by atoms with Crippen LogP contribution in [0.3, 0.4) is 0 Å². The maximum Gasteiger partial charge on any atom is 0.424 e. The molecule has 19 heavy (non-hydrogen) atoms. The van der Waals surface area contributed by atoms with E-state index in [4.69, 9.17) is 10.1 Å². The van der Waals surface area contributed by atoms with Crippen LogP contribution in [0.5, 0.6) is 11.6 Å². The molecule has 0 atom stereocenters. The Morgan fingerprint density at radius 1 is 1.32 bits per heavy atom. The summed E-state index contributed by atoms with van der Waals surface area (Å²) in [4.78, 5) is 2.59. The van der Waals surface area contributed by atoms with E-state index in [0.717, 1.165) is 12.1 Å². The van der Waals surface area contributed by atoms with Gasteiger partial charge in [-0.05, 0) is 13.0 Å². The maximum absolute atomic E-state index is 12.7. The highest BCUT2D eigenvalue weighted by Crippen LogP contribution is 2.39. The summed E-state index contributed by atoms with van der Waals surface area (Å²) in [5, 5.41) is 14.9. The van der Waals surface area contributed by atoms with Crippen molar-refractivity contribution in [3.63, 3.8) is 0 Å². The second kappa shape index (κ2) is 4.61. The van der Waals surface area contributed by atoms with Crippen molar-refractivity contribution in [1.29, 1.82) is 5.39 Å². The fraction of sp³-hybridized carbons (Fsp3) is 0.182. The van der Waals surface area contributed by atoms with Crippen molar-refractivity contribution in [2.75, 3.05) is 0 Å². The molecule has 0 bridgehead atoms. The number of nitrogens with zero attached hydrogens (tertiary/aromatic N) is 3. The van der Waals surface area contributed by atoms with Gasteiger partial charge in [-0.3, -0.25) is 5.10 Å². The van der Waals surface area contributed by atoms with Gasteiger partial charge in [0.15, 0.2) is 10.5 Å². The van der Waals surface area contributed by atoms with E-state index in [-0.39, 0.29) is 11.6 Å². The number of aromatic amines is 1. The van der Waals surface area contributed by atoms with Gasteiger partial charge in [-0.25, -0.2) is 0 Å². The number of rotatable bonds is 2. The van der Waals surface area contributed by atoms with Crippen LogP contribution in [0.15, 0.2) is 24.3 Å². The Morgan fingerprint density at radius 2 is 2.05 bits per heavy atom. The molecule has 0 aliphatic carbocycles. The third-order valence-corrected chi connectivity index (χ3v) is 2.29. The van der Waals surface area contributed by atoms with Crippen LogP contribution < -0.4 is 4.74 Å². The molecule has 0 unspecified atom stereocenters. The molecule has 2 rings (SSSR count). The van der Waals surface area contributed by atoms with Crippen molar-refractivity contribution in [3.05, 3.63) is 40.5 Å². The van der Waals surface area contributed by atoms with Crippen molar-refractivity contribution in [2.45, 2.75) is 13.1 Å². The van der Waals surface area contributed by atoms with Gasteiger partial charge in [0, 0.05) is 23.9 Å². The summed E-state index contributed by atoms with van der Waals surface area (Å²) in [6.45, 7) is 1.73. The molecule has 0 aliphatic heterocycles. The molecule has 5 nitrogen and oxygen atoms in total. The number of aromatic nitrogens is 2. The number of alkyl halides is 3. The standard InChI is InChI=1S/C11H8F3N4O/c1-6-4-10(18-17-6)19-7-2-3-9(16-15)8(5-7)11(12,13)14/h2-5H,1H3,(H,17,18)/q+1. The van der Waals surface area contributed by atoms with Gasteiger partial charge in [-0.2, -0.15) is 13.2 Å². The number of hydrogen-bond acceptors (Lipinski definition) is 3. The Bertz CT molecular complexity index is 642. The number of nitrogens with one attached hydrogen (secondary N) is 1. The number of diazo groups is 1. The first-order valence-electron chi connectivity index (χ1n) is 5.16. The normalized spacial score (nSPS) is 11.1.